The average Bonchev–Trinajstić information content (AvgIpc) is 3.22. The number of nitrogens with zero attached hydrogens (tertiary/aromatic N) is 2. The second-order valence-electron chi connectivity index (χ2n) is 8.65. The van der Waals surface area contributed by atoms with Crippen molar-refractivity contribution in [1.82, 2.24) is 10.2 Å². The van der Waals surface area contributed by atoms with E-state index in [0.717, 1.165) is 17.7 Å². The van der Waals surface area contributed by atoms with Gasteiger partial charge in [0, 0.05) is 31.1 Å². The number of cyclic esters (lactones) is 1. The third-order valence-electron chi connectivity index (χ3n) is 6.58. The van der Waals surface area contributed by atoms with E-state index in [1.807, 2.05) is 24.3 Å². The first-order valence-electron chi connectivity index (χ1n) is 10.6. The number of hydrogen-bond acceptors (Lipinski definition) is 6. The lowest BCUT2D eigenvalue weighted by Crippen LogP contribution is -2.37. The Balaban J connectivity index is 1.24. The molecule has 0 radical (unpaired) electrons. The molecule has 1 aromatic heterocycles. The van der Waals surface area contributed by atoms with Crippen molar-refractivity contribution in [3.8, 4) is 0 Å². The Labute approximate surface area is 184 Å². The highest BCUT2D eigenvalue weighted by atomic mass is 16.6. The van der Waals surface area contributed by atoms with E-state index in [0.29, 0.717) is 25.6 Å². The minimum Gasteiger partial charge on any atom is -0.461 e. The predicted molar refractivity (Wildman–Crippen MR) is 112 cm³/mol. The van der Waals surface area contributed by atoms with E-state index >= 15 is 0 Å². The quantitative estimate of drug-likeness (QED) is 0.545. The van der Waals surface area contributed by atoms with E-state index in [1.165, 1.54) is 19.3 Å². The first kappa shape index (κ1) is 20.3. The summed E-state index contributed by atoms with van der Waals surface area (Å²) in [6, 6.07) is 10.8. The van der Waals surface area contributed by atoms with Crippen LogP contribution in [0.2, 0.25) is 0 Å². The molecule has 1 aliphatic carbocycles. The molecule has 5 rings (SSSR count). The fraction of sp³-hybridized carbons (Fsp3) is 0.391. The van der Waals surface area contributed by atoms with Crippen molar-refractivity contribution in [2.45, 2.75) is 24.9 Å². The highest BCUT2D eigenvalue weighted by Gasteiger charge is 2.62. The maximum Gasteiger partial charge on any atom is 0.414 e. The number of carbonyl (C=O) groups excluding carboxylic acids is 4. The van der Waals surface area contributed by atoms with Gasteiger partial charge in [-0.1, -0.05) is 12.1 Å². The number of Topliss-reactive ketones (excluding diaryl/α,β-unsaturated/α-hetero) is 1. The van der Waals surface area contributed by atoms with Gasteiger partial charge in [-0.3, -0.25) is 19.3 Å². The Kier molecular flexibility index (Phi) is 4.76. The first-order chi connectivity index (χ1) is 15.4. The van der Waals surface area contributed by atoms with Gasteiger partial charge in [0.25, 0.3) is 11.7 Å². The molecule has 0 bridgehead atoms. The van der Waals surface area contributed by atoms with Gasteiger partial charge in [-0.2, -0.15) is 0 Å². The second-order valence-corrected chi connectivity index (χ2v) is 8.65. The Hall–Kier alpha value is -3.62. The normalized spacial score (nSPS) is 26.0. The summed E-state index contributed by atoms with van der Waals surface area (Å²) in [5.74, 6) is -0.947. The molecule has 2 saturated heterocycles. The van der Waals surface area contributed by atoms with Crippen LogP contribution < -0.4 is 10.2 Å². The molecule has 3 heterocycles. The topological polar surface area (TPSA) is 109 Å². The molecular formula is C23H23N3O6. The highest BCUT2D eigenvalue weighted by molar-refractivity contribution is 6.42. The lowest BCUT2D eigenvalue weighted by Gasteiger charge is -2.21. The van der Waals surface area contributed by atoms with Crippen LogP contribution in [0.5, 0.6) is 0 Å². The standard InChI is InChI=1S/C23H23N3O6/c1-14(27)24-10-18-12-26(22(30)32-18)17-6-4-15(5-7-17)23-9-16(23)11-25(13-23)21(29)20(28)19-3-2-8-31-19/h2-8,16,18H,9-13H2,1H3,(H,24,27). The fourth-order valence-corrected chi connectivity index (χ4v) is 4.81. The van der Waals surface area contributed by atoms with Crippen molar-refractivity contribution in [2.24, 2.45) is 5.92 Å². The van der Waals surface area contributed by atoms with Crippen molar-refractivity contribution in [2.75, 3.05) is 31.1 Å². The molecule has 3 unspecified atom stereocenters. The van der Waals surface area contributed by atoms with Gasteiger partial charge >= 0.3 is 6.09 Å². The number of furan rings is 1. The Morgan fingerprint density at radius 1 is 1.16 bits per heavy atom. The molecule has 2 aliphatic heterocycles. The molecule has 2 aromatic rings. The predicted octanol–water partition coefficient (Wildman–Crippen LogP) is 1.72. The van der Waals surface area contributed by atoms with Crippen LogP contribution in [0.15, 0.2) is 47.1 Å². The molecule has 0 spiro atoms. The highest BCUT2D eigenvalue weighted by Crippen LogP contribution is 2.59. The van der Waals surface area contributed by atoms with E-state index in [2.05, 4.69) is 5.32 Å². The van der Waals surface area contributed by atoms with Gasteiger partial charge in [0.15, 0.2) is 5.76 Å². The molecule has 1 aromatic carbocycles. The van der Waals surface area contributed by atoms with Gasteiger partial charge in [-0.05, 0) is 42.2 Å². The van der Waals surface area contributed by atoms with Crippen LogP contribution in [0.25, 0.3) is 0 Å². The number of nitrogens with one attached hydrogen (secondary N) is 1. The van der Waals surface area contributed by atoms with Crippen LogP contribution in [0.4, 0.5) is 10.5 Å². The fourth-order valence-electron chi connectivity index (χ4n) is 4.81. The smallest absolute Gasteiger partial charge is 0.414 e. The molecule has 3 atom stereocenters. The van der Waals surface area contributed by atoms with Crippen molar-refractivity contribution in [1.29, 1.82) is 0 Å². The Morgan fingerprint density at radius 3 is 2.62 bits per heavy atom. The number of carbonyl (C=O) groups is 4. The average molecular weight is 437 g/mol. The van der Waals surface area contributed by atoms with Gasteiger partial charge in [-0.15, -0.1) is 0 Å². The number of hydrogen-bond donors (Lipinski definition) is 1. The van der Waals surface area contributed by atoms with Crippen molar-refractivity contribution in [3.63, 3.8) is 0 Å². The maximum absolute atomic E-state index is 12.6. The van der Waals surface area contributed by atoms with Crippen LogP contribution in [-0.2, 0) is 19.7 Å². The summed E-state index contributed by atoms with van der Waals surface area (Å²) >= 11 is 0. The van der Waals surface area contributed by atoms with Crippen molar-refractivity contribution >= 4 is 29.4 Å². The molecule has 3 fully saturated rings. The van der Waals surface area contributed by atoms with Crippen LogP contribution in [0.3, 0.4) is 0 Å². The third kappa shape index (κ3) is 3.43. The van der Waals surface area contributed by atoms with E-state index in [-0.39, 0.29) is 23.6 Å². The molecule has 32 heavy (non-hydrogen) atoms. The van der Waals surface area contributed by atoms with Gasteiger partial charge in [0.1, 0.15) is 6.10 Å². The SMILES string of the molecule is CC(=O)NCC1CN(c2ccc(C34CC3CN(C(=O)C(=O)c3ccco3)C4)cc2)C(=O)O1. The van der Waals surface area contributed by atoms with Gasteiger partial charge in [0.2, 0.25) is 5.91 Å². The molecule has 9 heteroatoms. The lowest BCUT2D eigenvalue weighted by molar-refractivity contribution is -0.126. The molecule has 166 valence electrons. The summed E-state index contributed by atoms with van der Waals surface area (Å²) in [7, 11) is 0. The molecule has 9 nitrogen and oxygen atoms in total. The zero-order valence-corrected chi connectivity index (χ0v) is 17.6. The number of amides is 3. The summed E-state index contributed by atoms with van der Waals surface area (Å²) in [6.45, 7) is 3.11. The summed E-state index contributed by atoms with van der Waals surface area (Å²) in [5.41, 5.74) is 1.67. The Morgan fingerprint density at radius 2 is 1.94 bits per heavy atom. The van der Waals surface area contributed by atoms with Crippen molar-refractivity contribution in [3.05, 3.63) is 54.0 Å². The number of piperidine rings is 1. The number of benzene rings is 1. The Bertz CT molecular complexity index is 1080. The lowest BCUT2D eigenvalue weighted by atomic mass is 9.94. The minimum absolute atomic E-state index is 0.0586. The van der Waals surface area contributed by atoms with Gasteiger partial charge < -0.3 is 19.4 Å². The number of anilines is 1. The van der Waals surface area contributed by atoms with E-state index in [4.69, 9.17) is 9.15 Å². The summed E-state index contributed by atoms with van der Waals surface area (Å²) < 4.78 is 10.4. The molecular weight excluding hydrogens is 414 g/mol. The van der Waals surface area contributed by atoms with Crippen LogP contribution >= 0.6 is 0 Å². The summed E-state index contributed by atoms with van der Waals surface area (Å²) in [6.07, 6.45) is 1.52. The summed E-state index contributed by atoms with van der Waals surface area (Å²) in [5, 5.41) is 2.66. The molecule has 3 amide bonds. The summed E-state index contributed by atoms with van der Waals surface area (Å²) in [4.78, 5) is 51.4. The monoisotopic (exact) mass is 437 g/mol. The van der Waals surface area contributed by atoms with Gasteiger partial charge in [-0.25, -0.2) is 4.79 Å². The largest absolute Gasteiger partial charge is 0.461 e. The molecule has 3 aliphatic rings. The number of ether oxygens (including phenoxy) is 1. The third-order valence-corrected chi connectivity index (χ3v) is 6.58. The minimum atomic E-state index is -0.622. The molecule has 1 N–H and O–H groups in total. The van der Waals surface area contributed by atoms with Crippen LogP contribution in [0, 0.1) is 5.92 Å². The van der Waals surface area contributed by atoms with E-state index in [9.17, 15) is 19.2 Å². The number of likely N-dealkylation sites (tertiary alicyclic amines) is 1. The van der Waals surface area contributed by atoms with Crippen molar-refractivity contribution < 1.29 is 28.3 Å². The zero-order valence-electron chi connectivity index (χ0n) is 17.6. The van der Waals surface area contributed by atoms with Crippen LogP contribution in [-0.4, -0.2) is 60.9 Å². The van der Waals surface area contributed by atoms with E-state index in [1.54, 1.807) is 15.9 Å². The van der Waals surface area contributed by atoms with Crippen LogP contribution in [0.1, 0.15) is 29.5 Å². The number of ketones is 1. The second kappa shape index (κ2) is 7.51. The number of fused-ring (bicyclic) bond motifs is 1. The van der Waals surface area contributed by atoms with Gasteiger partial charge in [0.05, 0.1) is 19.4 Å². The maximum atomic E-state index is 12.6. The first-order valence-corrected chi connectivity index (χ1v) is 10.6. The number of rotatable bonds is 6. The zero-order chi connectivity index (χ0) is 22.5. The van der Waals surface area contributed by atoms with E-state index < -0.39 is 23.9 Å². The molecule has 1 saturated carbocycles.